The van der Waals surface area contributed by atoms with E-state index in [2.05, 4.69) is 9.97 Å². The molecule has 0 spiro atoms. The first-order chi connectivity index (χ1) is 12.6. The lowest BCUT2D eigenvalue weighted by Gasteiger charge is -2.49. The van der Waals surface area contributed by atoms with E-state index in [9.17, 15) is 28.3 Å². The van der Waals surface area contributed by atoms with Gasteiger partial charge in [-0.25, -0.2) is 9.97 Å². The first-order valence-electron chi connectivity index (χ1n) is 7.50. The smallest absolute Gasteiger partial charge is 0.302 e. The number of para-hydroxylation sites is 1. The number of hydrogen-bond acceptors (Lipinski definition) is 9. The molecule has 2 aromatic rings. The number of halogens is 1. The number of hydrogen-bond donors (Lipinski definition) is 4. The number of nitrogens with zero attached hydrogens (tertiary/aromatic N) is 2. The summed E-state index contributed by atoms with van der Waals surface area (Å²) >= 11 is 5.89. The third-order valence-electron chi connectivity index (χ3n) is 4.05. The van der Waals surface area contributed by atoms with Gasteiger partial charge in [0.15, 0.2) is 0 Å². The highest BCUT2D eigenvalue weighted by atomic mass is 35.5. The SMILES string of the molecule is O=S(=O)(O)C1(c2cncnc2)O[C@@H](Oc2ccccc2)[C@@](O)(Cl)[C@@H](O)[C@@H]1O. The molecule has 3 rings (SSSR count). The van der Waals surface area contributed by atoms with E-state index >= 15 is 0 Å². The van der Waals surface area contributed by atoms with Crippen molar-refractivity contribution in [1.29, 1.82) is 0 Å². The summed E-state index contributed by atoms with van der Waals surface area (Å²) < 4.78 is 44.9. The summed E-state index contributed by atoms with van der Waals surface area (Å²) in [6.07, 6.45) is -3.74. The van der Waals surface area contributed by atoms with E-state index in [0.29, 0.717) is 0 Å². The molecule has 4 N–H and O–H groups in total. The number of benzene rings is 1. The molecule has 1 aromatic carbocycles. The Hall–Kier alpha value is -1.86. The minimum atomic E-state index is -5.26. The molecule has 2 heterocycles. The van der Waals surface area contributed by atoms with Gasteiger partial charge < -0.3 is 24.8 Å². The lowest BCUT2D eigenvalue weighted by molar-refractivity contribution is -0.306. The largest absolute Gasteiger partial charge is 0.460 e. The van der Waals surface area contributed by atoms with Gasteiger partial charge in [0.2, 0.25) is 11.4 Å². The van der Waals surface area contributed by atoms with Gasteiger partial charge in [0.1, 0.15) is 24.3 Å². The first-order valence-corrected chi connectivity index (χ1v) is 9.32. The molecule has 27 heavy (non-hydrogen) atoms. The minimum absolute atomic E-state index is 0.110. The average molecular weight is 419 g/mol. The number of aromatic nitrogens is 2. The van der Waals surface area contributed by atoms with E-state index in [0.717, 1.165) is 18.7 Å². The van der Waals surface area contributed by atoms with Crippen LogP contribution in [0.15, 0.2) is 49.1 Å². The van der Waals surface area contributed by atoms with Gasteiger partial charge in [-0.3, -0.25) is 4.55 Å². The van der Waals surface area contributed by atoms with Gasteiger partial charge in [-0.2, -0.15) is 8.42 Å². The Labute approximate surface area is 158 Å². The Bertz CT molecular complexity index is 899. The molecule has 0 bridgehead atoms. The van der Waals surface area contributed by atoms with E-state index < -0.39 is 44.2 Å². The summed E-state index contributed by atoms with van der Waals surface area (Å²) in [7, 11) is -5.26. The number of rotatable bonds is 4. The zero-order valence-electron chi connectivity index (χ0n) is 13.5. The fraction of sp³-hybridized carbons (Fsp3) is 0.333. The van der Waals surface area contributed by atoms with Crippen LogP contribution in [0, 0.1) is 0 Å². The van der Waals surface area contributed by atoms with Crippen molar-refractivity contribution >= 4 is 21.7 Å². The third-order valence-corrected chi connectivity index (χ3v) is 5.79. The van der Waals surface area contributed by atoms with E-state index in [4.69, 9.17) is 21.1 Å². The van der Waals surface area contributed by atoms with E-state index in [-0.39, 0.29) is 5.75 Å². The van der Waals surface area contributed by atoms with Crippen LogP contribution in [0.2, 0.25) is 0 Å². The molecule has 146 valence electrons. The molecule has 12 heteroatoms. The minimum Gasteiger partial charge on any atom is -0.460 e. The second-order valence-corrected chi connectivity index (χ2v) is 7.93. The molecule has 5 atom stereocenters. The van der Waals surface area contributed by atoms with Crippen molar-refractivity contribution in [3.05, 3.63) is 54.6 Å². The summed E-state index contributed by atoms with van der Waals surface area (Å²) in [5, 5.41) is 28.4. The van der Waals surface area contributed by atoms with Crippen LogP contribution in [0.3, 0.4) is 0 Å². The fourth-order valence-corrected chi connectivity index (χ4v) is 3.94. The van der Waals surface area contributed by atoms with Crippen LogP contribution in [0.4, 0.5) is 0 Å². The highest BCUT2D eigenvalue weighted by Gasteiger charge is 2.68. The van der Waals surface area contributed by atoms with Crippen molar-refractivity contribution in [1.82, 2.24) is 9.97 Å². The molecule has 1 aromatic heterocycles. The summed E-state index contributed by atoms with van der Waals surface area (Å²) in [5.74, 6) is 0.110. The standard InChI is InChI=1S/C15H15ClN2O8S/c16-14(21)11(19)12(20)15(27(22,23)24,9-6-17-8-18-7-9)26-13(14)25-10-4-2-1-3-5-10/h1-8,11-13,19-21H,(H,22,23,24)/t11-,12-,13+,14+,15?/m0/s1. The zero-order chi connectivity index (χ0) is 19.9. The van der Waals surface area contributed by atoms with Crippen molar-refractivity contribution in [2.24, 2.45) is 0 Å². The Balaban J connectivity index is 2.14. The lowest BCUT2D eigenvalue weighted by atomic mass is 9.94. The average Bonchev–Trinajstić information content (AvgIpc) is 2.63. The predicted octanol–water partition coefficient (Wildman–Crippen LogP) is -0.398. The zero-order valence-corrected chi connectivity index (χ0v) is 15.0. The Morgan fingerprint density at radius 3 is 2.26 bits per heavy atom. The highest BCUT2D eigenvalue weighted by molar-refractivity contribution is 7.86. The van der Waals surface area contributed by atoms with Gasteiger partial charge in [0, 0.05) is 18.0 Å². The van der Waals surface area contributed by atoms with Crippen molar-refractivity contribution in [2.45, 2.75) is 28.5 Å². The predicted molar refractivity (Wildman–Crippen MR) is 90.0 cm³/mol. The topological polar surface area (TPSA) is 159 Å². The maximum Gasteiger partial charge on any atom is 0.302 e. The monoisotopic (exact) mass is 418 g/mol. The molecular weight excluding hydrogens is 404 g/mol. The van der Waals surface area contributed by atoms with Gasteiger partial charge in [0.25, 0.3) is 4.93 Å². The maximum atomic E-state index is 12.2. The van der Waals surface area contributed by atoms with Crippen molar-refractivity contribution in [3.8, 4) is 5.75 Å². The summed E-state index contributed by atoms with van der Waals surface area (Å²) in [5.41, 5.74) is -0.409. The normalized spacial score (nSPS) is 34.2. The molecule has 10 nitrogen and oxygen atoms in total. The van der Waals surface area contributed by atoms with Gasteiger partial charge in [-0.1, -0.05) is 29.8 Å². The summed E-state index contributed by atoms with van der Waals surface area (Å²) in [4.78, 5) is 4.29. The first kappa shape index (κ1) is 19.9. The second kappa shape index (κ2) is 6.95. The molecule has 1 unspecified atom stereocenters. The Kier molecular flexibility index (Phi) is 5.12. The van der Waals surface area contributed by atoms with Gasteiger partial charge >= 0.3 is 10.1 Å². The van der Waals surface area contributed by atoms with Gasteiger partial charge in [0.05, 0.1) is 0 Å². The summed E-state index contributed by atoms with van der Waals surface area (Å²) in [6.45, 7) is 0. The fourth-order valence-electron chi connectivity index (χ4n) is 2.69. The Morgan fingerprint density at radius 2 is 1.70 bits per heavy atom. The molecule has 0 saturated carbocycles. The van der Waals surface area contributed by atoms with Crippen LogP contribution in [0.1, 0.15) is 5.56 Å². The maximum absolute atomic E-state index is 12.2. The van der Waals surface area contributed by atoms with E-state index in [1.165, 1.54) is 12.1 Å². The van der Waals surface area contributed by atoms with Crippen LogP contribution in [0.5, 0.6) is 5.75 Å². The van der Waals surface area contributed by atoms with Crippen molar-refractivity contribution in [3.63, 3.8) is 0 Å². The number of aliphatic hydroxyl groups is 3. The van der Waals surface area contributed by atoms with E-state index in [1.54, 1.807) is 18.2 Å². The highest BCUT2D eigenvalue weighted by Crippen LogP contribution is 2.47. The molecule has 0 amide bonds. The lowest BCUT2D eigenvalue weighted by Crippen LogP contribution is -2.70. The quantitative estimate of drug-likeness (QED) is 0.380. The number of aliphatic hydroxyl groups excluding tert-OH is 2. The van der Waals surface area contributed by atoms with Crippen LogP contribution >= 0.6 is 11.6 Å². The van der Waals surface area contributed by atoms with Crippen LogP contribution in [0.25, 0.3) is 0 Å². The number of alkyl halides is 1. The number of ether oxygens (including phenoxy) is 2. The molecule has 1 saturated heterocycles. The molecule has 1 aliphatic heterocycles. The third kappa shape index (κ3) is 3.27. The van der Waals surface area contributed by atoms with Crippen LogP contribution in [-0.2, 0) is 19.8 Å². The molecule has 1 fully saturated rings. The summed E-state index contributed by atoms with van der Waals surface area (Å²) in [6, 6.07) is 7.74. The second-order valence-electron chi connectivity index (χ2n) is 5.77. The van der Waals surface area contributed by atoms with Crippen LogP contribution in [-0.4, -0.2) is 61.8 Å². The molecule has 0 aliphatic carbocycles. The Morgan fingerprint density at radius 1 is 1.11 bits per heavy atom. The van der Waals surface area contributed by atoms with Gasteiger partial charge in [-0.15, -0.1) is 0 Å². The van der Waals surface area contributed by atoms with Crippen LogP contribution < -0.4 is 4.74 Å². The molecule has 1 aliphatic rings. The van der Waals surface area contributed by atoms with E-state index in [1.807, 2.05) is 0 Å². The van der Waals surface area contributed by atoms with Crippen molar-refractivity contribution in [2.75, 3.05) is 0 Å². The van der Waals surface area contributed by atoms with Crippen molar-refractivity contribution < 1.29 is 37.8 Å². The van der Waals surface area contributed by atoms with Gasteiger partial charge in [-0.05, 0) is 12.1 Å². The molecule has 0 radical (unpaired) electrons. The molecular formula is C15H15ClN2O8S.